The van der Waals surface area contributed by atoms with Crippen LogP contribution < -0.4 is 19.5 Å². The highest BCUT2D eigenvalue weighted by atomic mass is 16.5. The summed E-state index contributed by atoms with van der Waals surface area (Å²) < 4.78 is 15.8. The maximum atomic E-state index is 9.70. The second kappa shape index (κ2) is 7.33. The van der Waals surface area contributed by atoms with Crippen LogP contribution in [0.3, 0.4) is 0 Å². The number of hydrogen-bond acceptors (Lipinski definition) is 6. The summed E-state index contributed by atoms with van der Waals surface area (Å²) >= 11 is 0. The van der Waals surface area contributed by atoms with Crippen molar-refractivity contribution in [1.29, 1.82) is 0 Å². The molecule has 0 aliphatic carbocycles. The van der Waals surface area contributed by atoms with Crippen LogP contribution in [0.15, 0.2) is 12.1 Å². The van der Waals surface area contributed by atoms with Gasteiger partial charge >= 0.3 is 0 Å². The van der Waals surface area contributed by atoms with E-state index in [1.54, 1.807) is 28.3 Å². The minimum atomic E-state index is -1.14. The lowest BCUT2D eigenvalue weighted by Gasteiger charge is -2.21. The molecule has 0 radical (unpaired) electrons. The Labute approximate surface area is 119 Å². The monoisotopic (exact) mass is 285 g/mol. The van der Waals surface area contributed by atoms with Crippen LogP contribution in [0.25, 0.3) is 0 Å². The summed E-state index contributed by atoms with van der Waals surface area (Å²) in [5.41, 5.74) is -0.214. The van der Waals surface area contributed by atoms with Crippen molar-refractivity contribution in [2.75, 3.05) is 34.5 Å². The van der Waals surface area contributed by atoms with Crippen molar-refractivity contribution in [3.8, 4) is 17.2 Å². The normalized spacial score (nSPS) is 13.7. The van der Waals surface area contributed by atoms with Crippen molar-refractivity contribution in [3.63, 3.8) is 0 Å². The molecule has 1 rings (SSSR count). The molecule has 6 nitrogen and oxygen atoms in total. The molecule has 0 bridgehead atoms. The predicted octanol–water partition coefficient (Wildman–Crippen LogP) is 0.545. The summed E-state index contributed by atoms with van der Waals surface area (Å²) in [7, 11) is 4.67. The molecule has 1 aromatic carbocycles. The van der Waals surface area contributed by atoms with E-state index in [1.807, 2.05) is 12.1 Å². The van der Waals surface area contributed by atoms with Gasteiger partial charge in [-0.1, -0.05) is 0 Å². The van der Waals surface area contributed by atoms with E-state index in [1.165, 1.54) is 0 Å². The van der Waals surface area contributed by atoms with E-state index in [0.717, 1.165) is 5.56 Å². The first-order valence-corrected chi connectivity index (χ1v) is 6.30. The smallest absolute Gasteiger partial charge is 0.203 e. The molecule has 0 amide bonds. The number of nitrogens with one attached hydrogen (secondary N) is 1. The largest absolute Gasteiger partial charge is 0.493 e. The third kappa shape index (κ3) is 4.26. The van der Waals surface area contributed by atoms with Gasteiger partial charge in [-0.3, -0.25) is 0 Å². The fourth-order valence-corrected chi connectivity index (χ4v) is 1.77. The highest BCUT2D eigenvalue weighted by molar-refractivity contribution is 5.53. The van der Waals surface area contributed by atoms with Gasteiger partial charge in [-0.2, -0.15) is 0 Å². The molecule has 0 saturated heterocycles. The maximum absolute atomic E-state index is 9.70. The van der Waals surface area contributed by atoms with E-state index in [-0.39, 0.29) is 13.2 Å². The fraction of sp³-hybridized carbons (Fsp3) is 0.571. The molecule has 0 saturated carbocycles. The van der Waals surface area contributed by atoms with Gasteiger partial charge < -0.3 is 29.7 Å². The van der Waals surface area contributed by atoms with Crippen molar-refractivity contribution < 1.29 is 24.4 Å². The van der Waals surface area contributed by atoms with Crippen LogP contribution in [0.5, 0.6) is 17.2 Å². The van der Waals surface area contributed by atoms with Gasteiger partial charge in [-0.15, -0.1) is 0 Å². The highest BCUT2D eigenvalue weighted by Crippen LogP contribution is 2.38. The van der Waals surface area contributed by atoms with Gasteiger partial charge in [0.05, 0.1) is 33.5 Å². The molecule has 114 valence electrons. The highest BCUT2D eigenvalue weighted by Gasteiger charge is 2.18. The molecular formula is C14H23NO5. The molecule has 1 atom stereocenters. The summed E-state index contributed by atoms with van der Waals surface area (Å²) in [5, 5.41) is 21.8. The zero-order chi connectivity index (χ0) is 15.2. The summed E-state index contributed by atoms with van der Waals surface area (Å²) in [6.45, 7) is 2.05. The Morgan fingerprint density at radius 3 is 2.05 bits per heavy atom. The van der Waals surface area contributed by atoms with Crippen molar-refractivity contribution >= 4 is 0 Å². The van der Waals surface area contributed by atoms with Gasteiger partial charge in [0, 0.05) is 13.1 Å². The van der Waals surface area contributed by atoms with Gasteiger partial charge in [0.1, 0.15) is 0 Å². The minimum Gasteiger partial charge on any atom is -0.493 e. The predicted molar refractivity (Wildman–Crippen MR) is 75.5 cm³/mol. The molecule has 1 aromatic rings. The molecule has 0 heterocycles. The number of aliphatic hydroxyl groups is 2. The molecule has 0 spiro atoms. The molecule has 6 heteroatoms. The lowest BCUT2D eigenvalue weighted by atomic mass is 10.1. The summed E-state index contributed by atoms with van der Waals surface area (Å²) in [4.78, 5) is 0. The average molecular weight is 285 g/mol. The SMILES string of the molecule is COc1cc(CNCC(C)(O)CO)cc(OC)c1OC. The third-order valence-electron chi connectivity index (χ3n) is 2.90. The number of ether oxygens (including phenoxy) is 3. The zero-order valence-corrected chi connectivity index (χ0v) is 12.4. The van der Waals surface area contributed by atoms with Crippen LogP contribution >= 0.6 is 0 Å². The Kier molecular flexibility index (Phi) is 6.06. The van der Waals surface area contributed by atoms with E-state index in [2.05, 4.69) is 5.32 Å². The van der Waals surface area contributed by atoms with Crippen LogP contribution in [0, 0.1) is 0 Å². The van der Waals surface area contributed by atoms with Crippen LogP contribution in [0.4, 0.5) is 0 Å². The molecule has 0 aromatic heterocycles. The van der Waals surface area contributed by atoms with E-state index in [9.17, 15) is 5.11 Å². The van der Waals surface area contributed by atoms with E-state index in [4.69, 9.17) is 19.3 Å². The Hall–Kier alpha value is -1.50. The van der Waals surface area contributed by atoms with Gasteiger partial charge in [0.15, 0.2) is 11.5 Å². The van der Waals surface area contributed by atoms with Crippen LogP contribution in [-0.2, 0) is 6.54 Å². The molecule has 0 fully saturated rings. The van der Waals surface area contributed by atoms with E-state index in [0.29, 0.717) is 23.8 Å². The fourth-order valence-electron chi connectivity index (χ4n) is 1.77. The zero-order valence-electron chi connectivity index (χ0n) is 12.4. The van der Waals surface area contributed by atoms with Gasteiger partial charge in [0.25, 0.3) is 0 Å². The summed E-state index contributed by atoms with van der Waals surface area (Å²) in [6.07, 6.45) is 0. The lowest BCUT2D eigenvalue weighted by Crippen LogP contribution is -2.40. The van der Waals surface area contributed by atoms with E-state index < -0.39 is 5.60 Å². The van der Waals surface area contributed by atoms with Crippen LogP contribution in [0.1, 0.15) is 12.5 Å². The maximum Gasteiger partial charge on any atom is 0.203 e. The molecule has 20 heavy (non-hydrogen) atoms. The summed E-state index contributed by atoms with van der Waals surface area (Å²) in [5.74, 6) is 1.70. The molecule has 0 aliphatic heterocycles. The molecule has 1 unspecified atom stereocenters. The standard InChI is InChI=1S/C14H23NO5/c1-14(17,9-16)8-15-7-10-5-11(18-2)13(20-4)12(6-10)19-3/h5-6,15-17H,7-9H2,1-4H3. The molecular weight excluding hydrogens is 262 g/mol. The Bertz CT molecular complexity index is 409. The molecule has 0 aliphatic rings. The number of aliphatic hydroxyl groups excluding tert-OH is 1. The number of methoxy groups -OCH3 is 3. The number of rotatable bonds is 8. The van der Waals surface area contributed by atoms with Crippen LogP contribution in [0.2, 0.25) is 0 Å². The Morgan fingerprint density at radius 2 is 1.65 bits per heavy atom. The van der Waals surface area contributed by atoms with Gasteiger partial charge in [0.2, 0.25) is 5.75 Å². The molecule has 3 N–H and O–H groups in total. The van der Waals surface area contributed by atoms with Gasteiger partial charge in [-0.05, 0) is 24.6 Å². The van der Waals surface area contributed by atoms with Gasteiger partial charge in [-0.25, -0.2) is 0 Å². The number of benzene rings is 1. The minimum absolute atomic E-state index is 0.278. The first-order valence-electron chi connectivity index (χ1n) is 6.30. The topological polar surface area (TPSA) is 80.2 Å². The van der Waals surface area contributed by atoms with Crippen molar-refractivity contribution in [3.05, 3.63) is 17.7 Å². The van der Waals surface area contributed by atoms with E-state index >= 15 is 0 Å². The second-order valence-electron chi connectivity index (χ2n) is 4.79. The quantitative estimate of drug-likeness (QED) is 0.647. The first-order chi connectivity index (χ1) is 9.47. The summed E-state index contributed by atoms with van der Waals surface area (Å²) in [6, 6.07) is 3.67. The third-order valence-corrected chi connectivity index (χ3v) is 2.90. The lowest BCUT2D eigenvalue weighted by molar-refractivity contribution is 0.00253. The average Bonchev–Trinajstić information content (AvgIpc) is 2.45. The van der Waals surface area contributed by atoms with Crippen molar-refractivity contribution in [2.45, 2.75) is 19.1 Å². The second-order valence-corrected chi connectivity index (χ2v) is 4.79. The van der Waals surface area contributed by atoms with Crippen molar-refractivity contribution in [2.24, 2.45) is 0 Å². The first kappa shape index (κ1) is 16.6. The van der Waals surface area contributed by atoms with Crippen molar-refractivity contribution in [1.82, 2.24) is 5.32 Å². The van der Waals surface area contributed by atoms with Crippen LogP contribution in [-0.4, -0.2) is 50.3 Å². The number of hydrogen-bond donors (Lipinski definition) is 3. The Balaban J connectivity index is 2.81. The Morgan fingerprint density at radius 1 is 1.10 bits per heavy atom.